The molecule has 0 N–H and O–H groups in total. The molecular formula is C23H20FNO7S. The number of hydrogen-bond donors (Lipinski definition) is 0. The molecule has 0 atom stereocenters. The van der Waals surface area contributed by atoms with Crippen molar-refractivity contribution < 1.29 is 37.8 Å². The molecule has 0 aliphatic carbocycles. The molecule has 1 aliphatic heterocycles. The Morgan fingerprint density at radius 3 is 2.42 bits per heavy atom. The van der Waals surface area contributed by atoms with Gasteiger partial charge in [0, 0.05) is 0 Å². The molecule has 2 amide bonds. The van der Waals surface area contributed by atoms with Crippen LogP contribution in [0.1, 0.15) is 29.8 Å². The molecule has 3 rings (SSSR count). The smallest absolute Gasteiger partial charge is 0.343 e. The minimum Gasteiger partial charge on any atom is -0.490 e. The van der Waals surface area contributed by atoms with Crippen molar-refractivity contribution in [2.45, 2.75) is 13.8 Å². The van der Waals surface area contributed by atoms with Gasteiger partial charge in [0.1, 0.15) is 12.4 Å². The fourth-order valence-corrected chi connectivity index (χ4v) is 3.67. The number of esters is 2. The van der Waals surface area contributed by atoms with Gasteiger partial charge in [-0.05, 0) is 73.6 Å². The van der Waals surface area contributed by atoms with Crippen molar-refractivity contribution in [1.82, 2.24) is 4.90 Å². The number of ether oxygens (including phenoxy) is 3. The van der Waals surface area contributed by atoms with Crippen molar-refractivity contribution in [2.75, 3.05) is 19.8 Å². The number of nitrogens with zero attached hydrogens (tertiary/aromatic N) is 1. The normalized spacial score (nSPS) is 14.5. The summed E-state index contributed by atoms with van der Waals surface area (Å²) in [6, 6.07) is 9.53. The molecule has 1 saturated heterocycles. The molecule has 10 heteroatoms. The number of imide groups is 1. The molecule has 33 heavy (non-hydrogen) atoms. The summed E-state index contributed by atoms with van der Waals surface area (Å²) >= 11 is 0.703. The molecule has 2 aromatic rings. The maximum absolute atomic E-state index is 13.1. The van der Waals surface area contributed by atoms with Gasteiger partial charge in [0.05, 0.1) is 23.7 Å². The highest BCUT2D eigenvalue weighted by molar-refractivity contribution is 8.18. The van der Waals surface area contributed by atoms with Crippen LogP contribution in [-0.4, -0.2) is 47.7 Å². The first-order valence-corrected chi connectivity index (χ1v) is 10.8. The average molecular weight is 473 g/mol. The van der Waals surface area contributed by atoms with Crippen LogP contribution in [0.25, 0.3) is 6.08 Å². The molecule has 8 nitrogen and oxygen atoms in total. The maximum Gasteiger partial charge on any atom is 0.343 e. The number of carbonyl (C=O) groups excluding carboxylic acids is 4. The minimum absolute atomic E-state index is 0.128. The van der Waals surface area contributed by atoms with Crippen LogP contribution >= 0.6 is 11.8 Å². The van der Waals surface area contributed by atoms with Crippen LogP contribution in [0.5, 0.6) is 11.5 Å². The Hall–Kier alpha value is -3.66. The summed E-state index contributed by atoms with van der Waals surface area (Å²) in [6.07, 6.45) is 1.48. The zero-order valence-corrected chi connectivity index (χ0v) is 18.6. The molecule has 2 aromatic carbocycles. The van der Waals surface area contributed by atoms with E-state index in [1.165, 1.54) is 24.3 Å². The number of rotatable bonds is 8. The molecule has 0 unspecified atom stereocenters. The van der Waals surface area contributed by atoms with Crippen molar-refractivity contribution in [3.63, 3.8) is 0 Å². The second-order valence-corrected chi connectivity index (χ2v) is 7.60. The SMILES string of the molecule is CCOC(=O)CN1C(=O)S/C(=C\c2ccc(OC(=O)c3ccc(F)cc3)c(OCC)c2)C1=O. The van der Waals surface area contributed by atoms with Gasteiger partial charge in [-0.3, -0.25) is 19.3 Å². The van der Waals surface area contributed by atoms with Crippen LogP contribution < -0.4 is 9.47 Å². The predicted octanol–water partition coefficient (Wildman–Crippen LogP) is 4.04. The third-order valence-electron chi connectivity index (χ3n) is 4.31. The van der Waals surface area contributed by atoms with E-state index in [9.17, 15) is 23.6 Å². The lowest BCUT2D eigenvalue weighted by Crippen LogP contribution is -2.34. The summed E-state index contributed by atoms with van der Waals surface area (Å²) < 4.78 is 28.8. The van der Waals surface area contributed by atoms with Crippen LogP contribution in [0.2, 0.25) is 0 Å². The molecule has 0 bridgehead atoms. The van der Waals surface area contributed by atoms with E-state index in [2.05, 4.69) is 0 Å². The Bertz CT molecular complexity index is 1110. The van der Waals surface area contributed by atoms with Gasteiger partial charge >= 0.3 is 11.9 Å². The van der Waals surface area contributed by atoms with Gasteiger partial charge in [-0.15, -0.1) is 0 Å². The van der Waals surface area contributed by atoms with Crippen LogP contribution in [0.3, 0.4) is 0 Å². The highest BCUT2D eigenvalue weighted by Crippen LogP contribution is 2.35. The summed E-state index contributed by atoms with van der Waals surface area (Å²) in [4.78, 5) is 49.6. The first kappa shape index (κ1) is 24.0. The van der Waals surface area contributed by atoms with Crippen molar-refractivity contribution in [3.8, 4) is 11.5 Å². The van der Waals surface area contributed by atoms with Gasteiger partial charge in [-0.1, -0.05) is 6.07 Å². The van der Waals surface area contributed by atoms with E-state index in [0.29, 0.717) is 17.3 Å². The van der Waals surface area contributed by atoms with E-state index in [0.717, 1.165) is 17.0 Å². The fraction of sp³-hybridized carbons (Fsp3) is 0.217. The molecule has 1 heterocycles. The Morgan fingerprint density at radius 2 is 1.76 bits per heavy atom. The maximum atomic E-state index is 13.1. The number of halogens is 1. The number of carbonyl (C=O) groups is 4. The highest BCUT2D eigenvalue weighted by atomic mass is 32.2. The monoisotopic (exact) mass is 473 g/mol. The van der Waals surface area contributed by atoms with E-state index in [1.54, 1.807) is 26.0 Å². The molecule has 0 aromatic heterocycles. The van der Waals surface area contributed by atoms with E-state index in [4.69, 9.17) is 14.2 Å². The predicted molar refractivity (Wildman–Crippen MR) is 118 cm³/mol. The number of thioether (sulfide) groups is 1. The van der Waals surface area contributed by atoms with E-state index < -0.39 is 35.4 Å². The topological polar surface area (TPSA) is 99.2 Å². The van der Waals surface area contributed by atoms with Gasteiger partial charge < -0.3 is 14.2 Å². The van der Waals surface area contributed by atoms with Crippen molar-refractivity contribution in [2.24, 2.45) is 0 Å². The standard InChI is InChI=1S/C23H20FNO7S/c1-3-30-18-11-14(5-10-17(18)32-22(28)15-6-8-16(24)9-7-15)12-19-21(27)25(23(29)33-19)13-20(26)31-4-2/h5-12H,3-4,13H2,1-2H3/b19-12-. The van der Waals surface area contributed by atoms with E-state index in [1.807, 2.05) is 0 Å². The summed E-state index contributed by atoms with van der Waals surface area (Å²) in [5.74, 6) is -2.07. The lowest BCUT2D eigenvalue weighted by atomic mass is 10.1. The first-order valence-electron chi connectivity index (χ1n) is 9.98. The lowest BCUT2D eigenvalue weighted by molar-refractivity contribution is -0.145. The van der Waals surface area contributed by atoms with Gasteiger partial charge in [0.2, 0.25) is 0 Å². The van der Waals surface area contributed by atoms with Crippen LogP contribution in [-0.2, 0) is 14.3 Å². The summed E-state index contributed by atoms with van der Waals surface area (Å²) in [6.45, 7) is 3.34. The quantitative estimate of drug-likeness (QED) is 0.322. The summed E-state index contributed by atoms with van der Waals surface area (Å²) in [7, 11) is 0. The number of amides is 2. The average Bonchev–Trinajstić information content (AvgIpc) is 3.03. The van der Waals surface area contributed by atoms with Crippen molar-refractivity contribution in [1.29, 1.82) is 0 Å². The molecular weight excluding hydrogens is 453 g/mol. The molecule has 0 saturated carbocycles. The molecule has 1 fully saturated rings. The van der Waals surface area contributed by atoms with Crippen LogP contribution in [0.15, 0.2) is 47.4 Å². The van der Waals surface area contributed by atoms with Gasteiger partial charge in [-0.25, -0.2) is 9.18 Å². The van der Waals surface area contributed by atoms with Gasteiger partial charge in [-0.2, -0.15) is 0 Å². The lowest BCUT2D eigenvalue weighted by Gasteiger charge is -2.12. The largest absolute Gasteiger partial charge is 0.490 e. The summed E-state index contributed by atoms with van der Waals surface area (Å²) in [5.41, 5.74) is 0.680. The second kappa shape index (κ2) is 10.8. The third-order valence-corrected chi connectivity index (χ3v) is 5.22. The van der Waals surface area contributed by atoms with Crippen molar-refractivity contribution >= 4 is 40.9 Å². The van der Waals surface area contributed by atoms with Crippen molar-refractivity contribution in [3.05, 3.63) is 64.3 Å². The first-order chi connectivity index (χ1) is 15.8. The summed E-state index contributed by atoms with van der Waals surface area (Å²) in [5, 5.41) is -0.575. The van der Waals surface area contributed by atoms with E-state index in [-0.39, 0.29) is 35.2 Å². The molecule has 0 spiro atoms. The molecule has 172 valence electrons. The zero-order chi connectivity index (χ0) is 24.0. The fourth-order valence-electron chi connectivity index (χ4n) is 2.84. The van der Waals surface area contributed by atoms with Crippen LogP contribution in [0, 0.1) is 5.82 Å². The Labute approximate surface area is 193 Å². The minimum atomic E-state index is -0.691. The Morgan fingerprint density at radius 1 is 1.03 bits per heavy atom. The Balaban J connectivity index is 1.79. The molecule has 1 aliphatic rings. The molecule has 0 radical (unpaired) electrons. The van der Waals surface area contributed by atoms with Gasteiger partial charge in [0.25, 0.3) is 11.1 Å². The number of hydrogen-bond acceptors (Lipinski definition) is 8. The second-order valence-electron chi connectivity index (χ2n) is 6.61. The zero-order valence-electron chi connectivity index (χ0n) is 17.8. The number of benzene rings is 2. The van der Waals surface area contributed by atoms with E-state index >= 15 is 0 Å². The third kappa shape index (κ3) is 5.98. The highest BCUT2D eigenvalue weighted by Gasteiger charge is 2.36. The van der Waals surface area contributed by atoms with Gasteiger partial charge in [0.15, 0.2) is 11.5 Å². The Kier molecular flexibility index (Phi) is 7.83. The van der Waals surface area contributed by atoms with Crippen LogP contribution in [0.4, 0.5) is 9.18 Å².